The van der Waals surface area contributed by atoms with Gasteiger partial charge >= 0.3 is 6.03 Å². The Hall–Kier alpha value is -3.38. The van der Waals surface area contributed by atoms with Gasteiger partial charge in [-0.05, 0) is 31.0 Å². The summed E-state index contributed by atoms with van der Waals surface area (Å²) in [5, 5.41) is 24.8. The zero-order valence-electron chi connectivity index (χ0n) is 14.9. The van der Waals surface area contributed by atoms with Crippen LogP contribution < -0.4 is 5.32 Å². The van der Waals surface area contributed by atoms with Crippen LogP contribution in [-0.2, 0) is 6.54 Å². The van der Waals surface area contributed by atoms with Crippen molar-refractivity contribution in [3.8, 4) is 11.8 Å². The van der Waals surface area contributed by atoms with E-state index in [1.807, 2.05) is 0 Å². The lowest BCUT2D eigenvalue weighted by atomic mass is 10.2. The van der Waals surface area contributed by atoms with Crippen molar-refractivity contribution >= 4 is 23.4 Å². The molecule has 0 radical (unpaired) electrons. The number of nitrogens with zero attached hydrogens (tertiary/aromatic N) is 7. The van der Waals surface area contributed by atoms with Gasteiger partial charge in [0, 0.05) is 30.0 Å². The lowest BCUT2D eigenvalue weighted by molar-refractivity contribution is 0.199. The highest BCUT2D eigenvalue weighted by molar-refractivity contribution is 6.30. The van der Waals surface area contributed by atoms with Gasteiger partial charge in [0.15, 0.2) is 5.82 Å². The predicted molar refractivity (Wildman–Crippen MR) is 102 cm³/mol. The fourth-order valence-electron chi connectivity index (χ4n) is 3.34. The number of nitrogens with one attached hydrogen (secondary N) is 1. The molecule has 142 valence electrons. The van der Waals surface area contributed by atoms with Crippen LogP contribution in [0.15, 0.2) is 42.9 Å². The van der Waals surface area contributed by atoms with Crippen molar-refractivity contribution in [1.82, 2.24) is 29.7 Å². The number of hydrogen-bond acceptors (Lipinski definition) is 5. The predicted octanol–water partition coefficient (Wildman–Crippen LogP) is 2.69. The van der Waals surface area contributed by atoms with E-state index >= 15 is 0 Å². The third-order valence-corrected chi connectivity index (χ3v) is 4.89. The van der Waals surface area contributed by atoms with Crippen LogP contribution in [0.2, 0.25) is 5.02 Å². The van der Waals surface area contributed by atoms with Gasteiger partial charge in [-0.2, -0.15) is 5.26 Å². The fourth-order valence-corrected chi connectivity index (χ4v) is 3.51. The van der Waals surface area contributed by atoms with Crippen molar-refractivity contribution in [3.05, 3.63) is 53.4 Å². The molecule has 0 spiro atoms. The number of hydrogen-bond donors (Lipinski definition) is 1. The van der Waals surface area contributed by atoms with Gasteiger partial charge in [-0.15, -0.1) is 10.2 Å². The molecule has 1 fully saturated rings. The van der Waals surface area contributed by atoms with Gasteiger partial charge in [0.2, 0.25) is 0 Å². The quantitative estimate of drug-likeness (QED) is 0.729. The van der Waals surface area contributed by atoms with Gasteiger partial charge in [0.25, 0.3) is 0 Å². The maximum absolute atomic E-state index is 12.7. The van der Waals surface area contributed by atoms with Crippen LogP contribution in [0.25, 0.3) is 5.69 Å². The average molecular weight is 397 g/mol. The molecule has 28 heavy (non-hydrogen) atoms. The minimum Gasteiger partial charge on any atom is -0.320 e. The zero-order chi connectivity index (χ0) is 19.5. The van der Waals surface area contributed by atoms with E-state index in [9.17, 15) is 10.1 Å². The van der Waals surface area contributed by atoms with E-state index in [2.05, 4.69) is 26.8 Å². The van der Waals surface area contributed by atoms with Crippen molar-refractivity contribution in [2.75, 3.05) is 11.9 Å². The Labute approximate surface area is 166 Å². The normalized spacial score (nSPS) is 16.1. The second-order valence-electron chi connectivity index (χ2n) is 6.46. The summed E-state index contributed by atoms with van der Waals surface area (Å²) < 4.78 is 3.27. The molecule has 1 aliphatic rings. The van der Waals surface area contributed by atoms with Crippen molar-refractivity contribution in [1.29, 1.82) is 5.26 Å². The first-order chi connectivity index (χ1) is 13.6. The molecule has 1 aromatic carbocycles. The summed E-state index contributed by atoms with van der Waals surface area (Å²) in [6.07, 6.45) is 6.96. The highest BCUT2D eigenvalue weighted by Gasteiger charge is 2.29. The van der Waals surface area contributed by atoms with Crippen molar-refractivity contribution in [2.24, 2.45) is 0 Å². The van der Waals surface area contributed by atoms with E-state index in [-0.39, 0.29) is 12.1 Å². The van der Waals surface area contributed by atoms with E-state index < -0.39 is 0 Å². The third-order valence-electron chi connectivity index (χ3n) is 4.66. The largest absolute Gasteiger partial charge is 0.323 e. The Morgan fingerprint density at radius 2 is 2.25 bits per heavy atom. The molecule has 3 heterocycles. The third kappa shape index (κ3) is 3.68. The van der Waals surface area contributed by atoms with Crippen LogP contribution in [0, 0.1) is 11.3 Å². The molecule has 3 aromatic rings. The fraction of sp³-hybridized carbons (Fsp3) is 0.278. The summed E-state index contributed by atoms with van der Waals surface area (Å²) in [5.41, 5.74) is 0.999. The number of aromatic nitrogens is 5. The number of carbonyl (C=O) groups is 1. The van der Waals surface area contributed by atoms with Crippen molar-refractivity contribution in [3.63, 3.8) is 0 Å². The molecule has 0 unspecified atom stereocenters. The summed E-state index contributed by atoms with van der Waals surface area (Å²) in [7, 11) is 0. The van der Waals surface area contributed by atoms with E-state index in [0.29, 0.717) is 35.2 Å². The van der Waals surface area contributed by atoms with Crippen LogP contribution in [0.5, 0.6) is 0 Å². The number of urea groups is 1. The lowest BCUT2D eigenvalue weighted by Crippen LogP contribution is -2.41. The smallest absolute Gasteiger partial charge is 0.320 e. The summed E-state index contributed by atoms with van der Waals surface area (Å²) in [6.45, 7) is 1.29. The zero-order valence-corrected chi connectivity index (χ0v) is 15.6. The Morgan fingerprint density at radius 3 is 3.04 bits per heavy atom. The SMILES string of the molecule is N#Cc1cc(Cl)ccc1-n1ccc(NC(=O)N2CCC[C@H]2Cn2ccnn2)n1. The molecule has 0 aliphatic carbocycles. The molecule has 1 atom stereocenters. The van der Waals surface area contributed by atoms with E-state index in [1.54, 1.807) is 57.1 Å². The van der Waals surface area contributed by atoms with Crippen molar-refractivity contribution < 1.29 is 4.79 Å². The molecule has 1 N–H and O–H groups in total. The number of anilines is 1. The summed E-state index contributed by atoms with van der Waals surface area (Å²) in [5.74, 6) is 0.412. The van der Waals surface area contributed by atoms with Gasteiger partial charge in [-0.1, -0.05) is 16.8 Å². The average Bonchev–Trinajstić information content (AvgIpc) is 3.44. The first kappa shape index (κ1) is 18.0. The van der Waals surface area contributed by atoms with Crippen LogP contribution in [-0.4, -0.2) is 48.3 Å². The number of rotatable bonds is 4. The molecule has 0 saturated carbocycles. The molecule has 4 rings (SSSR count). The van der Waals surface area contributed by atoms with E-state index in [0.717, 1.165) is 12.8 Å². The number of halogens is 1. The first-order valence-corrected chi connectivity index (χ1v) is 9.19. The van der Waals surface area contributed by atoms with Gasteiger partial charge < -0.3 is 4.90 Å². The number of amides is 2. The van der Waals surface area contributed by atoms with Crippen LogP contribution in [0.1, 0.15) is 18.4 Å². The van der Waals surface area contributed by atoms with Gasteiger partial charge in [-0.3, -0.25) is 10.00 Å². The molecule has 9 nitrogen and oxygen atoms in total. The Balaban J connectivity index is 1.46. The van der Waals surface area contributed by atoms with E-state index in [4.69, 9.17) is 11.6 Å². The number of likely N-dealkylation sites (tertiary alicyclic amines) is 1. The van der Waals surface area contributed by atoms with Crippen LogP contribution in [0.4, 0.5) is 10.6 Å². The Morgan fingerprint density at radius 1 is 1.36 bits per heavy atom. The van der Waals surface area contributed by atoms with Gasteiger partial charge in [-0.25, -0.2) is 9.48 Å². The molecule has 2 aromatic heterocycles. The molecule has 10 heteroatoms. The summed E-state index contributed by atoms with van der Waals surface area (Å²) in [4.78, 5) is 14.5. The topological polar surface area (TPSA) is 105 Å². The summed E-state index contributed by atoms with van der Waals surface area (Å²) in [6, 6.07) is 8.64. The second-order valence-corrected chi connectivity index (χ2v) is 6.90. The van der Waals surface area contributed by atoms with Crippen LogP contribution >= 0.6 is 11.6 Å². The minimum absolute atomic E-state index is 0.0604. The standard InChI is InChI=1S/C18H17ClN8O/c19-14-3-4-16(13(10-14)11-20)27-8-5-17(23-27)22-18(28)26-7-1-2-15(26)12-25-9-6-21-24-25/h3-6,8-10,15H,1-2,7,12H2,(H,22,23,28)/t15-/m0/s1. The number of nitriles is 1. The van der Waals surface area contributed by atoms with Gasteiger partial charge in [0.05, 0.1) is 30.0 Å². The monoisotopic (exact) mass is 396 g/mol. The first-order valence-electron chi connectivity index (χ1n) is 8.81. The molecule has 1 saturated heterocycles. The Bertz CT molecular complexity index is 1020. The summed E-state index contributed by atoms with van der Waals surface area (Å²) >= 11 is 5.94. The minimum atomic E-state index is -0.204. The molecular weight excluding hydrogens is 380 g/mol. The molecular formula is C18H17ClN8O. The second kappa shape index (κ2) is 7.70. The van der Waals surface area contributed by atoms with Crippen LogP contribution in [0.3, 0.4) is 0 Å². The lowest BCUT2D eigenvalue weighted by Gasteiger charge is -2.24. The molecule has 2 amide bonds. The van der Waals surface area contributed by atoms with Gasteiger partial charge in [0.1, 0.15) is 6.07 Å². The maximum Gasteiger partial charge on any atom is 0.323 e. The van der Waals surface area contributed by atoms with E-state index in [1.165, 1.54) is 0 Å². The number of benzene rings is 1. The Kier molecular flexibility index (Phi) is 4.95. The van der Waals surface area contributed by atoms with Crippen molar-refractivity contribution in [2.45, 2.75) is 25.4 Å². The highest BCUT2D eigenvalue weighted by atomic mass is 35.5. The molecule has 0 bridgehead atoms. The maximum atomic E-state index is 12.7. The molecule has 1 aliphatic heterocycles. The number of carbonyl (C=O) groups excluding carboxylic acids is 1. The highest BCUT2D eigenvalue weighted by Crippen LogP contribution is 2.22.